The summed E-state index contributed by atoms with van der Waals surface area (Å²) in [6.45, 7) is 0. The zero-order valence-electron chi connectivity index (χ0n) is 24.2. The van der Waals surface area contributed by atoms with E-state index in [2.05, 4.69) is 20.9 Å². The Morgan fingerprint density at radius 2 is 1.40 bits per heavy atom. The highest BCUT2D eigenvalue weighted by molar-refractivity contribution is 7.98. The lowest BCUT2D eigenvalue weighted by atomic mass is 10.0. The first-order valence-corrected chi connectivity index (χ1v) is 16.6. The Labute approximate surface area is 259 Å². The van der Waals surface area contributed by atoms with Crippen molar-refractivity contribution < 1.29 is 29.4 Å². The number of aromatic hydroxyl groups is 1. The maximum Gasteiger partial charge on any atom is 0.326 e. The Hall–Kier alpha value is -3.68. The van der Waals surface area contributed by atoms with Gasteiger partial charge in [-0.25, -0.2) is 4.79 Å². The summed E-state index contributed by atoms with van der Waals surface area (Å²) in [6, 6.07) is 9.52. The van der Waals surface area contributed by atoms with Crippen LogP contribution in [0.3, 0.4) is 0 Å². The van der Waals surface area contributed by atoms with Gasteiger partial charge in [0.15, 0.2) is 0 Å². The van der Waals surface area contributed by atoms with Crippen LogP contribution >= 0.6 is 23.5 Å². The number of aromatic nitrogens is 1. The van der Waals surface area contributed by atoms with Crippen molar-refractivity contribution in [3.05, 3.63) is 65.9 Å². The lowest BCUT2D eigenvalue weighted by Gasteiger charge is -2.25. The number of benzene rings is 2. The van der Waals surface area contributed by atoms with Gasteiger partial charge in [0, 0.05) is 29.9 Å². The van der Waals surface area contributed by atoms with Crippen molar-refractivity contribution >= 4 is 58.1 Å². The average Bonchev–Trinajstić information content (AvgIpc) is 3.40. The van der Waals surface area contributed by atoms with Crippen LogP contribution in [0.5, 0.6) is 5.75 Å². The van der Waals surface area contributed by atoms with E-state index in [-0.39, 0.29) is 25.0 Å². The van der Waals surface area contributed by atoms with Crippen LogP contribution in [0, 0.1) is 0 Å². The maximum absolute atomic E-state index is 13.8. The van der Waals surface area contributed by atoms with Crippen molar-refractivity contribution in [1.29, 1.82) is 0 Å². The van der Waals surface area contributed by atoms with E-state index in [1.807, 2.05) is 36.8 Å². The third kappa shape index (κ3) is 10.2. The molecule has 11 nitrogen and oxygen atoms in total. The Morgan fingerprint density at radius 1 is 0.814 bits per heavy atom. The molecule has 1 heterocycles. The highest BCUT2D eigenvalue weighted by Crippen LogP contribution is 2.20. The van der Waals surface area contributed by atoms with E-state index in [0.29, 0.717) is 23.5 Å². The molecule has 1 aromatic heterocycles. The van der Waals surface area contributed by atoms with Gasteiger partial charge in [-0.15, -0.1) is 0 Å². The highest BCUT2D eigenvalue weighted by Gasteiger charge is 2.31. The molecule has 4 unspecified atom stereocenters. The second-order valence-electron chi connectivity index (χ2n) is 10.1. The standard InChI is InChI=1S/C30H39N5O6S2/c1-42-13-11-22(31)27(37)34-25(15-18-7-9-20(36)10-8-18)28(38)35-26(29(39)33-24(30(40)41)12-14-43-2)16-19-17-32-23-6-4-3-5-21(19)23/h3-10,17,22,24-26,32,36H,11-16,31H2,1-2H3,(H,33,39)(H,34,37)(H,35,38)(H,40,41). The van der Waals surface area contributed by atoms with Crippen molar-refractivity contribution in [2.45, 2.75) is 49.9 Å². The SMILES string of the molecule is CSCCC(N)C(=O)NC(Cc1ccc(O)cc1)C(=O)NC(Cc1c[nH]c2ccccc12)C(=O)NC(CCSC)C(=O)O. The van der Waals surface area contributed by atoms with Gasteiger partial charge < -0.3 is 36.9 Å². The van der Waals surface area contributed by atoms with Crippen LogP contribution < -0.4 is 21.7 Å². The first kappa shape index (κ1) is 33.8. The number of carboxylic acid groups (broad SMARTS) is 1. The molecule has 3 amide bonds. The lowest BCUT2D eigenvalue weighted by Crippen LogP contribution is -2.58. The summed E-state index contributed by atoms with van der Waals surface area (Å²) < 4.78 is 0. The van der Waals surface area contributed by atoms with Gasteiger partial charge in [-0.2, -0.15) is 23.5 Å². The number of nitrogens with one attached hydrogen (secondary N) is 4. The van der Waals surface area contributed by atoms with Crippen molar-refractivity contribution in [2.75, 3.05) is 24.0 Å². The minimum Gasteiger partial charge on any atom is -0.508 e. The number of thioether (sulfide) groups is 2. The number of hydrogen-bond acceptors (Lipinski definition) is 8. The largest absolute Gasteiger partial charge is 0.508 e. The maximum atomic E-state index is 13.8. The summed E-state index contributed by atoms with van der Waals surface area (Å²) in [5.41, 5.74) is 8.33. The first-order chi connectivity index (χ1) is 20.6. The molecule has 0 fully saturated rings. The number of H-pyrrole nitrogens is 1. The zero-order chi connectivity index (χ0) is 31.4. The van der Waals surface area contributed by atoms with Gasteiger partial charge in [0.1, 0.15) is 23.9 Å². The van der Waals surface area contributed by atoms with Crippen molar-refractivity contribution in [3.8, 4) is 5.75 Å². The van der Waals surface area contributed by atoms with Crippen molar-refractivity contribution in [2.24, 2.45) is 5.73 Å². The number of carbonyl (C=O) groups excluding carboxylic acids is 3. The number of fused-ring (bicyclic) bond motifs is 1. The topological polar surface area (TPSA) is 187 Å². The van der Waals surface area contributed by atoms with Crippen molar-refractivity contribution in [3.63, 3.8) is 0 Å². The summed E-state index contributed by atoms with van der Waals surface area (Å²) in [6.07, 6.45) is 6.27. The fourth-order valence-corrected chi connectivity index (χ4v) is 5.46. The third-order valence-electron chi connectivity index (χ3n) is 6.94. The van der Waals surface area contributed by atoms with E-state index in [1.165, 1.54) is 23.9 Å². The molecule has 43 heavy (non-hydrogen) atoms. The van der Waals surface area contributed by atoms with Crippen LogP contribution in [0.25, 0.3) is 10.9 Å². The third-order valence-corrected chi connectivity index (χ3v) is 8.22. The summed E-state index contributed by atoms with van der Waals surface area (Å²) in [4.78, 5) is 55.3. The lowest BCUT2D eigenvalue weighted by molar-refractivity contribution is -0.142. The zero-order valence-corrected chi connectivity index (χ0v) is 25.8. The van der Waals surface area contributed by atoms with Gasteiger partial charge in [0.25, 0.3) is 0 Å². The fourth-order valence-electron chi connectivity index (χ4n) is 4.50. The van der Waals surface area contributed by atoms with Crippen LogP contribution in [0.4, 0.5) is 0 Å². The normalized spacial score (nSPS) is 13.9. The molecule has 232 valence electrons. The van der Waals surface area contributed by atoms with E-state index >= 15 is 0 Å². The molecule has 0 bridgehead atoms. The van der Waals surface area contributed by atoms with Crippen LogP contribution in [-0.2, 0) is 32.0 Å². The molecule has 3 rings (SSSR count). The van der Waals surface area contributed by atoms with Gasteiger partial charge in [-0.3, -0.25) is 14.4 Å². The number of rotatable bonds is 17. The number of para-hydroxylation sites is 1. The van der Waals surface area contributed by atoms with E-state index < -0.39 is 47.9 Å². The van der Waals surface area contributed by atoms with Gasteiger partial charge in [0.05, 0.1) is 6.04 Å². The van der Waals surface area contributed by atoms with Crippen LogP contribution in [0.2, 0.25) is 0 Å². The smallest absolute Gasteiger partial charge is 0.326 e. The molecular formula is C30H39N5O6S2. The number of aromatic amines is 1. The number of carboxylic acids is 1. The summed E-state index contributed by atoms with van der Waals surface area (Å²) >= 11 is 3.01. The molecule has 2 aromatic carbocycles. The molecule has 0 aliphatic heterocycles. The van der Waals surface area contributed by atoms with Crippen LogP contribution in [-0.4, -0.2) is 87.1 Å². The highest BCUT2D eigenvalue weighted by atomic mass is 32.2. The van der Waals surface area contributed by atoms with E-state index in [4.69, 9.17) is 5.73 Å². The molecule has 4 atom stereocenters. The molecule has 0 aliphatic carbocycles. The minimum absolute atomic E-state index is 0.0535. The number of amides is 3. The number of carbonyl (C=O) groups is 4. The summed E-state index contributed by atoms with van der Waals surface area (Å²) in [5.74, 6) is -1.72. The summed E-state index contributed by atoms with van der Waals surface area (Å²) in [5, 5.41) is 28.3. The molecule has 0 spiro atoms. The van der Waals surface area contributed by atoms with Gasteiger partial charge in [-0.1, -0.05) is 30.3 Å². The second kappa shape index (κ2) is 16.8. The fraction of sp³-hybridized carbons (Fsp3) is 0.400. The number of phenols is 1. The molecule has 0 saturated heterocycles. The Morgan fingerprint density at radius 3 is 2.05 bits per heavy atom. The van der Waals surface area contributed by atoms with Gasteiger partial charge >= 0.3 is 5.97 Å². The van der Waals surface area contributed by atoms with Gasteiger partial charge in [0.2, 0.25) is 17.7 Å². The van der Waals surface area contributed by atoms with Gasteiger partial charge in [-0.05, 0) is 66.2 Å². The molecule has 0 saturated carbocycles. The number of nitrogens with two attached hydrogens (primary N) is 1. The predicted octanol–water partition coefficient (Wildman–Crippen LogP) is 2.03. The first-order valence-electron chi connectivity index (χ1n) is 13.8. The number of phenolic OH excluding ortho intramolecular Hbond substituents is 1. The molecule has 0 aliphatic rings. The Kier molecular flexibility index (Phi) is 13.2. The molecule has 8 N–H and O–H groups in total. The Balaban J connectivity index is 1.89. The van der Waals surface area contributed by atoms with E-state index in [9.17, 15) is 29.4 Å². The number of aliphatic carboxylic acids is 1. The second-order valence-corrected chi connectivity index (χ2v) is 12.1. The molecule has 13 heteroatoms. The minimum atomic E-state index is -1.17. The van der Waals surface area contributed by atoms with E-state index in [0.717, 1.165) is 16.5 Å². The molecule has 0 radical (unpaired) electrons. The molecular weight excluding hydrogens is 590 g/mol. The van der Waals surface area contributed by atoms with Crippen LogP contribution in [0.15, 0.2) is 54.7 Å². The molecule has 3 aromatic rings. The quantitative estimate of drug-likeness (QED) is 0.117. The monoisotopic (exact) mass is 629 g/mol. The Bertz CT molecular complexity index is 1380. The number of hydrogen-bond donors (Lipinski definition) is 7. The van der Waals surface area contributed by atoms with Crippen molar-refractivity contribution in [1.82, 2.24) is 20.9 Å². The average molecular weight is 630 g/mol. The summed E-state index contributed by atoms with van der Waals surface area (Å²) in [7, 11) is 0. The predicted molar refractivity (Wildman–Crippen MR) is 171 cm³/mol. The van der Waals surface area contributed by atoms with Crippen LogP contribution in [0.1, 0.15) is 24.0 Å². The van der Waals surface area contributed by atoms with E-state index in [1.54, 1.807) is 30.1 Å².